The summed E-state index contributed by atoms with van der Waals surface area (Å²) < 4.78 is 36.3. The van der Waals surface area contributed by atoms with Crippen molar-refractivity contribution >= 4 is 44.3 Å². The number of fused-ring (bicyclic) bond motifs is 1. The van der Waals surface area contributed by atoms with Gasteiger partial charge < -0.3 is 14.5 Å². The van der Waals surface area contributed by atoms with Crippen molar-refractivity contribution in [3.63, 3.8) is 0 Å². The van der Waals surface area contributed by atoms with Crippen LogP contribution in [0.5, 0.6) is 0 Å². The van der Waals surface area contributed by atoms with Crippen LogP contribution in [0.1, 0.15) is 10.4 Å². The van der Waals surface area contributed by atoms with Crippen LogP contribution >= 0.6 is 11.3 Å². The van der Waals surface area contributed by atoms with Crippen molar-refractivity contribution in [3.05, 3.63) is 57.9 Å². The third kappa shape index (κ3) is 3.65. The molecule has 27 heavy (non-hydrogen) atoms. The van der Waals surface area contributed by atoms with Gasteiger partial charge in [0, 0.05) is 24.9 Å². The molecule has 0 radical (unpaired) electrons. The SMILES string of the molecule is COC(=O)c1cc2sc(N(C)C(=O)Nc3ccc(F)c(F)c3)cc2oc1=O. The zero-order chi connectivity index (χ0) is 19.7. The molecule has 2 amide bonds. The summed E-state index contributed by atoms with van der Waals surface area (Å²) in [5.41, 5.74) is -0.841. The molecule has 0 fully saturated rings. The number of carbonyl (C=O) groups is 2. The quantitative estimate of drug-likeness (QED) is 0.686. The van der Waals surface area contributed by atoms with Crippen molar-refractivity contribution < 1.29 is 27.5 Å². The van der Waals surface area contributed by atoms with E-state index in [1.165, 1.54) is 30.1 Å². The summed E-state index contributed by atoms with van der Waals surface area (Å²) in [6.07, 6.45) is 0. The molecule has 0 unspecified atom stereocenters. The molecule has 0 aliphatic carbocycles. The van der Waals surface area contributed by atoms with E-state index in [0.29, 0.717) is 9.70 Å². The molecule has 0 saturated carbocycles. The molecule has 140 valence electrons. The minimum Gasteiger partial charge on any atom is -0.465 e. The average molecular weight is 394 g/mol. The topological polar surface area (TPSA) is 88.8 Å². The first-order valence-corrected chi connectivity index (χ1v) is 8.27. The minimum absolute atomic E-state index is 0.0753. The summed E-state index contributed by atoms with van der Waals surface area (Å²) in [7, 11) is 2.58. The van der Waals surface area contributed by atoms with E-state index in [9.17, 15) is 23.2 Å². The molecule has 2 heterocycles. The molecule has 2 aromatic heterocycles. The van der Waals surface area contributed by atoms with E-state index in [2.05, 4.69) is 10.1 Å². The van der Waals surface area contributed by atoms with Crippen LogP contribution in [-0.2, 0) is 4.74 Å². The van der Waals surface area contributed by atoms with Gasteiger partial charge in [-0.15, -0.1) is 11.3 Å². The summed E-state index contributed by atoms with van der Waals surface area (Å²) in [4.78, 5) is 36.9. The van der Waals surface area contributed by atoms with Crippen LogP contribution < -0.4 is 15.8 Å². The molecule has 0 aliphatic heterocycles. The maximum Gasteiger partial charge on any atom is 0.351 e. The summed E-state index contributed by atoms with van der Waals surface area (Å²) in [5, 5.41) is 2.82. The summed E-state index contributed by atoms with van der Waals surface area (Å²) >= 11 is 1.09. The van der Waals surface area contributed by atoms with Crippen molar-refractivity contribution in [3.8, 4) is 0 Å². The molecule has 10 heteroatoms. The van der Waals surface area contributed by atoms with Crippen molar-refractivity contribution in [2.45, 2.75) is 0 Å². The lowest BCUT2D eigenvalue weighted by Gasteiger charge is -2.15. The Kier molecular flexibility index (Phi) is 4.91. The van der Waals surface area contributed by atoms with Gasteiger partial charge >= 0.3 is 17.6 Å². The van der Waals surface area contributed by atoms with Crippen molar-refractivity contribution in [1.82, 2.24) is 0 Å². The Hall–Kier alpha value is -3.27. The molecule has 0 atom stereocenters. The van der Waals surface area contributed by atoms with E-state index >= 15 is 0 Å². The molecule has 0 saturated heterocycles. The van der Waals surface area contributed by atoms with Crippen LogP contribution in [0, 0.1) is 11.6 Å². The molecular formula is C17H12F2N2O5S. The molecule has 0 spiro atoms. The van der Waals surface area contributed by atoms with Gasteiger partial charge in [-0.05, 0) is 18.2 Å². The van der Waals surface area contributed by atoms with E-state index in [1.807, 2.05) is 0 Å². The Labute approximate surface area is 154 Å². The Balaban J connectivity index is 1.87. The van der Waals surface area contributed by atoms with E-state index in [4.69, 9.17) is 4.42 Å². The average Bonchev–Trinajstić information content (AvgIpc) is 3.05. The lowest BCUT2D eigenvalue weighted by atomic mass is 10.3. The van der Waals surface area contributed by atoms with Gasteiger partial charge in [-0.2, -0.15) is 0 Å². The van der Waals surface area contributed by atoms with Crippen LogP contribution in [-0.4, -0.2) is 26.2 Å². The zero-order valence-electron chi connectivity index (χ0n) is 14.0. The monoisotopic (exact) mass is 394 g/mol. The van der Waals surface area contributed by atoms with Gasteiger partial charge in [-0.25, -0.2) is 23.2 Å². The summed E-state index contributed by atoms with van der Waals surface area (Å²) in [5.74, 6) is -2.94. The second-order valence-electron chi connectivity index (χ2n) is 5.37. The highest BCUT2D eigenvalue weighted by molar-refractivity contribution is 7.22. The summed E-state index contributed by atoms with van der Waals surface area (Å²) in [6.45, 7) is 0. The Morgan fingerprint density at radius 1 is 1.19 bits per heavy atom. The predicted octanol–water partition coefficient (Wildman–Crippen LogP) is 3.59. The Morgan fingerprint density at radius 3 is 2.59 bits per heavy atom. The van der Waals surface area contributed by atoms with Crippen LogP contribution in [0.15, 0.2) is 39.5 Å². The predicted molar refractivity (Wildman–Crippen MR) is 95.5 cm³/mol. The lowest BCUT2D eigenvalue weighted by Crippen LogP contribution is -2.30. The van der Waals surface area contributed by atoms with Gasteiger partial charge in [0.05, 0.1) is 11.8 Å². The van der Waals surface area contributed by atoms with Gasteiger partial charge in [0.15, 0.2) is 17.2 Å². The fraction of sp³-hybridized carbons (Fsp3) is 0.118. The molecule has 0 aliphatic rings. The number of hydrogen-bond donors (Lipinski definition) is 1. The van der Waals surface area contributed by atoms with Crippen LogP contribution in [0.25, 0.3) is 10.3 Å². The van der Waals surface area contributed by atoms with Crippen LogP contribution in [0.4, 0.5) is 24.3 Å². The van der Waals surface area contributed by atoms with Crippen LogP contribution in [0.3, 0.4) is 0 Å². The number of nitrogens with zero attached hydrogens (tertiary/aromatic N) is 1. The minimum atomic E-state index is -1.09. The fourth-order valence-corrected chi connectivity index (χ4v) is 3.19. The number of anilines is 2. The smallest absolute Gasteiger partial charge is 0.351 e. The second-order valence-corrected chi connectivity index (χ2v) is 6.43. The van der Waals surface area contributed by atoms with E-state index in [-0.39, 0.29) is 16.8 Å². The number of hydrogen-bond acceptors (Lipinski definition) is 6. The number of urea groups is 1. The number of thiophene rings is 1. The van der Waals surface area contributed by atoms with Gasteiger partial charge in [0.1, 0.15) is 10.6 Å². The van der Waals surface area contributed by atoms with Gasteiger partial charge in [0.25, 0.3) is 0 Å². The molecule has 1 N–H and O–H groups in total. The maximum absolute atomic E-state index is 13.2. The fourth-order valence-electron chi connectivity index (χ4n) is 2.20. The van der Waals surface area contributed by atoms with Crippen molar-refractivity contribution in [2.24, 2.45) is 0 Å². The van der Waals surface area contributed by atoms with Gasteiger partial charge in [-0.3, -0.25) is 4.90 Å². The highest BCUT2D eigenvalue weighted by Crippen LogP contribution is 2.32. The highest BCUT2D eigenvalue weighted by atomic mass is 32.1. The number of carbonyl (C=O) groups excluding carboxylic acids is 2. The van der Waals surface area contributed by atoms with Gasteiger partial charge in [-0.1, -0.05) is 0 Å². The van der Waals surface area contributed by atoms with Gasteiger partial charge in [0.2, 0.25) is 0 Å². The van der Waals surface area contributed by atoms with Crippen LogP contribution in [0.2, 0.25) is 0 Å². The number of nitrogens with one attached hydrogen (secondary N) is 1. The zero-order valence-corrected chi connectivity index (χ0v) is 14.9. The number of halogens is 2. The maximum atomic E-state index is 13.2. The molecule has 3 aromatic rings. The number of methoxy groups -OCH3 is 1. The third-order valence-electron chi connectivity index (χ3n) is 3.62. The number of ether oxygens (including phenoxy) is 1. The number of rotatable bonds is 3. The molecule has 1 aromatic carbocycles. The van der Waals surface area contributed by atoms with E-state index in [1.54, 1.807) is 0 Å². The Morgan fingerprint density at radius 2 is 1.93 bits per heavy atom. The first kappa shape index (κ1) is 18.5. The first-order chi connectivity index (χ1) is 12.8. The number of amides is 2. The lowest BCUT2D eigenvalue weighted by molar-refractivity contribution is 0.0596. The molecule has 3 rings (SSSR count). The largest absolute Gasteiger partial charge is 0.465 e. The molecule has 7 nitrogen and oxygen atoms in total. The van der Waals surface area contributed by atoms with E-state index in [0.717, 1.165) is 30.6 Å². The van der Waals surface area contributed by atoms with Crippen molar-refractivity contribution in [2.75, 3.05) is 24.4 Å². The standard InChI is InChI=1S/C17H12F2N2O5S/c1-21(17(24)20-8-3-4-10(18)11(19)5-8)14-7-12-13(27-14)6-9(15(22)25-2)16(23)26-12/h3-7H,1-2H3,(H,20,24). The third-order valence-corrected chi connectivity index (χ3v) is 4.76. The number of esters is 1. The Bertz CT molecular complexity index is 1110. The number of benzene rings is 1. The van der Waals surface area contributed by atoms with Crippen molar-refractivity contribution in [1.29, 1.82) is 0 Å². The second kappa shape index (κ2) is 7.16. The van der Waals surface area contributed by atoms with E-state index < -0.39 is 29.3 Å². The normalized spacial score (nSPS) is 10.7. The molecular weight excluding hydrogens is 382 g/mol. The highest BCUT2D eigenvalue weighted by Gasteiger charge is 2.19. The molecule has 0 bridgehead atoms. The first-order valence-electron chi connectivity index (χ1n) is 7.46. The summed E-state index contributed by atoms with van der Waals surface area (Å²) in [6, 6.07) is 5.12.